The van der Waals surface area contributed by atoms with Gasteiger partial charge in [-0.05, 0) is 49.4 Å². The number of ether oxygens (including phenoxy) is 1. The molecule has 4 rings (SSSR count). The third-order valence-corrected chi connectivity index (χ3v) is 5.61. The second-order valence-electron chi connectivity index (χ2n) is 7.37. The number of nitrogens with zero attached hydrogens (tertiary/aromatic N) is 3. The first-order valence-corrected chi connectivity index (χ1v) is 8.90. The van der Waals surface area contributed by atoms with Gasteiger partial charge in [-0.3, -0.25) is 14.8 Å². The molecule has 1 amide bonds. The molecular weight excluding hydrogens is 314 g/mol. The van der Waals surface area contributed by atoms with Gasteiger partial charge >= 0.3 is 0 Å². The quantitative estimate of drug-likeness (QED) is 0.860. The average molecular weight is 337 g/mol. The van der Waals surface area contributed by atoms with Gasteiger partial charge in [-0.1, -0.05) is 6.42 Å². The van der Waals surface area contributed by atoms with Crippen LogP contribution < -0.4 is 4.74 Å². The summed E-state index contributed by atoms with van der Waals surface area (Å²) >= 11 is 0. The number of amides is 1. The van der Waals surface area contributed by atoms with Crippen molar-refractivity contribution in [3.05, 3.63) is 54.1 Å². The number of hydrogen-bond donors (Lipinski definition) is 0. The molecule has 0 unspecified atom stereocenters. The molecule has 0 radical (unpaired) electrons. The Morgan fingerprint density at radius 3 is 3.08 bits per heavy atom. The first kappa shape index (κ1) is 16.1. The van der Waals surface area contributed by atoms with Crippen LogP contribution in [0, 0.1) is 18.3 Å². The van der Waals surface area contributed by atoms with Crippen LogP contribution in [-0.2, 0) is 0 Å². The third-order valence-electron chi connectivity index (χ3n) is 5.61. The predicted molar refractivity (Wildman–Crippen MR) is 94.4 cm³/mol. The molecule has 5 nitrogen and oxygen atoms in total. The van der Waals surface area contributed by atoms with Gasteiger partial charge in [-0.25, -0.2) is 0 Å². The Hall–Kier alpha value is -2.43. The molecule has 25 heavy (non-hydrogen) atoms. The van der Waals surface area contributed by atoms with E-state index in [4.69, 9.17) is 4.74 Å². The predicted octanol–water partition coefficient (Wildman–Crippen LogP) is 3.11. The number of aromatic nitrogens is 2. The molecule has 0 N–H and O–H groups in total. The van der Waals surface area contributed by atoms with Crippen molar-refractivity contribution in [2.45, 2.75) is 26.2 Å². The second kappa shape index (κ2) is 6.47. The molecule has 5 heteroatoms. The van der Waals surface area contributed by atoms with E-state index in [0.717, 1.165) is 30.8 Å². The summed E-state index contributed by atoms with van der Waals surface area (Å²) in [6, 6.07) is 5.74. The monoisotopic (exact) mass is 337 g/mol. The summed E-state index contributed by atoms with van der Waals surface area (Å²) in [7, 11) is 0. The minimum atomic E-state index is 0.0722. The summed E-state index contributed by atoms with van der Waals surface area (Å²) < 4.78 is 6.03. The molecule has 1 saturated heterocycles. The van der Waals surface area contributed by atoms with Gasteiger partial charge in [0.25, 0.3) is 5.91 Å². The fourth-order valence-corrected chi connectivity index (χ4v) is 4.32. The number of rotatable bonds is 4. The van der Waals surface area contributed by atoms with Crippen LogP contribution in [0.15, 0.2) is 43.0 Å². The van der Waals surface area contributed by atoms with Crippen molar-refractivity contribution in [2.24, 2.45) is 11.3 Å². The van der Waals surface area contributed by atoms with Crippen LogP contribution in [0.5, 0.6) is 5.75 Å². The lowest BCUT2D eigenvalue weighted by atomic mass is 9.81. The zero-order chi connectivity index (χ0) is 17.3. The summed E-state index contributed by atoms with van der Waals surface area (Å²) in [4.78, 5) is 23.1. The Balaban J connectivity index is 1.48. The SMILES string of the molecule is Cc1cncc(C(=O)N2C[C@@H]3CCC[C@]3(COc3cccnc3)C2)c1. The van der Waals surface area contributed by atoms with E-state index >= 15 is 0 Å². The molecule has 0 aromatic carbocycles. The van der Waals surface area contributed by atoms with Crippen molar-refractivity contribution in [3.8, 4) is 5.75 Å². The van der Waals surface area contributed by atoms with Gasteiger partial charge in [-0.15, -0.1) is 0 Å². The van der Waals surface area contributed by atoms with Crippen LogP contribution in [0.3, 0.4) is 0 Å². The molecule has 3 heterocycles. The van der Waals surface area contributed by atoms with Crippen molar-refractivity contribution < 1.29 is 9.53 Å². The molecule has 1 aliphatic heterocycles. The minimum absolute atomic E-state index is 0.0722. The van der Waals surface area contributed by atoms with Crippen molar-refractivity contribution in [3.63, 3.8) is 0 Å². The van der Waals surface area contributed by atoms with Gasteiger partial charge in [0.2, 0.25) is 0 Å². The van der Waals surface area contributed by atoms with E-state index in [1.165, 1.54) is 12.8 Å². The highest BCUT2D eigenvalue weighted by Gasteiger charge is 2.51. The van der Waals surface area contributed by atoms with Gasteiger partial charge in [-0.2, -0.15) is 0 Å². The summed E-state index contributed by atoms with van der Waals surface area (Å²) in [5.41, 5.74) is 1.77. The van der Waals surface area contributed by atoms with Crippen LogP contribution in [0.4, 0.5) is 0 Å². The van der Waals surface area contributed by atoms with Gasteiger partial charge in [0.1, 0.15) is 5.75 Å². The maximum absolute atomic E-state index is 12.9. The van der Waals surface area contributed by atoms with Crippen molar-refractivity contribution in [1.82, 2.24) is 14.9 Å². The molecule has 0 spiro atoms. The Morgan fingerprint density at radius 1 is 1.36 bits per heavy atom. The fourth-order valence-electron chi connectivity index (χ4n) is 4.32. The first-order valence-electron chi connectivity index (χ1n) is 8.90. The van der Waals surface area contributed by atoms with Crippen molar-refractivity contribution in [1.29, 1.82) is 0 Å². The molecule has 0 bridgehead atoms. The highest BCUT2D eigenvalue weighted by Crippen LogP contribution is 2.49. The number of fused-ring (bicyclic) bond motifs is 1. The molecule has 130 valence electrons. The van der Waals surface area contributed by atoms with Gasteiger partial charge in [0.15, 0.2) is 0 Å². The largest absolute Gasteiger partial charge is 0.491 e. The van der Waals surface area contributed by atoms with Crippen LogP contribution in [0.1, 0.15) is 35.2 Å². The number of aryl methyl sites for hydroxylation is 1. The topological polar surface area (TPSA) is 55.3 Å². The van der Waals surface area contributed by atoms with E-state index in [1.54, 1.807) is 24.8 Å². The van der Waals surface area contributed by atoms with Crippen LogP contribution >= 0.6 is 0 Å². The van der Waals surface area contributed by atoms with Gasteiger partial charge in [0.05, 0.1) is 18.4 Å². The van der Waals surface area contributed by atoms with Crippen LogP contribution in [-0.4, -0.2) is 40.5 Å². The zero-order valence-electron chi connectivity index (χ0n) is 14.5. The van der Waals surface area contributed by atoms with E-state index in [1.807, 2.05) is 30.0 Å². The normalized spacial score (nSPS) is 25.0. The fraction of sp³-hybridized carbons (Fsp3) is 0.450. The maximum atomic E-state index is 12.9. The Bertz CT molecular complexity index is 765. The molecule has 2 atom stereocenters. The molecular formula is C20H23N3O2. The lowest BCUT2D eigenvalue weighted by molar-refractivity contribution is 0.0746. The maximum Gasteiger partial charge on any atom is 0.255 e. The Labute approximate surface area is 148 Å². The average Bonchev–Trinajstić information content (AvgIpc) is 3.17. The number of pyridine rings is 2. The van der Waals surface area contributed by atoms with Crippen molar-refractivity contribution in [2.75, 3.05) is 19.7 Å². The zero-order valence-corrected chi connectivity index (χ0v) is 14.5. The molecule has 2 aliphatic rings. The van der Waals surface area contributed by atoms with Crippen molar-refractivity contribution >= 4 is 5.91 Å². The van der Waals surface area contributed by atoms with E-state index in [9.17, 15) is 4.79 Å². The Morgan fingerprint density at radius 2 is 2.28 bits per heavy atom. The van der Waals surface area contributed by atoms with Crippen LogP contribution in [0.2, 0.25) is 0 Å². The molecule has 1 saturated carbocycles. The number of carbonyl (C=O) groups excluding carboxylic acids is 1. The summed E-state index contributed by atoms with van der Waals surface area (Å²) in [5.74, 6) is 1.41. The highest BCUT2D eigenvalue weighted by molar-refractivity contribution is 5.94. The van der Waals surface area contributed by atoms with E-state index < -0.39 is 0 Å². The number of likely N-dealkylation sites (tertiary alicyclic amines) is 1. The van der Waals surface area contributed by atoms with E-state index in [-0.39, 0.29) is 11.3 Å². The second-order valence-corrected chi connectivity index (χ2v) is 7.37. The highest BCUT2D eigenvalue weighted by atomic mass is 16.5. The van der Waals surface area contributed by atoms with Crippen LogP contribution in [0.25, 0.3) is 0 Å². The molecule has 1 aliphatic carbocycles. The third kappa shape index (κ3) is 3.11. The smallest absolute Gasteiger partial charge is 0.255 e. The summed E-state index contributed by atoms with van der Waals surface area (Å²) in [6.07, 6.45) is 10.4. The summed E-state index contributed by atoms with van der Waals surface area (Å²) in [5, 5.41) is 0. The number of carbonyl (C=O) groups is 1. The minimum Gasteiger partial charge on any atom is -0.491 e. The Kier molecular flexibility index (Phi) is 4.15. The molecule has 2 aromatic heterocycles. The standard InChI is InChI=1S/C20H23N3O2/c1-15-8-16(10-22-9-15)19(24)23-12-17-4-2-6-20(17,13-23)14-25-18-5-3-7-21-11-18/h3,5,7-11,17H,2,4,6,12-14H2,1H3/t17-,20+/m0/s1. The molecule has 2 aromatic rings. The van der Waals surface area contributed by atoms with Gasteiger partial charge < -0.3 is 9.64 Å². The molecule has 2 fully saturated rings. The lowest BCUT2D eigenvalue weighted by Gasteiger charge is -2.28. The lowest BCUT2D eigenvalue weighted by Crippen LogP contribution is -2.35. The van der Waals surface area contributed by atoms with Gasteiger partial charge in [0, 0.05) is 37.1 Å². The number of hydrogen-bond acceptors (Lipinski definition) is 4. The summed E-state index contributed by atoms with van der Waals surface area (Å²) in [6.45, 7) is 4.21. The van der Waals surface area contributed by atoms with E-state index in [2.05, 4.69) is 9.97 Å². The van der Waals surface area contributed by atoms with E-state index in [0.29, 0.717) is 18.1 Å². The first-order chi connectivity index (χ1) is 12.2.